The summed E-state index contributed by atoms with van der Waals surface area (Å²) in [5.41, 5.74) is -0.0987. The maximum absolute atomic E-state index is 9.14. The summed E-state index contributed by atoms with van der Waals surface area (Å²) < 4.78 is 1.83. The van der Waals surface area contributed by atoms with Gasteiger partial charge in [-0.1, -0.05) is 0 Å². The van der Waals surface area contributed by atoms with Crippen molar-refractivity contribution < 1.29 is 15.3 Å². The van der Waals surface area contributed by atoms with Gasteiger partial charge in [-0.25, -0.2) is 0 Å². The molecule has 6 nitrogen and oxygen atoms in total. The van der Waals surface area contributed by atoms with Crippen LogP contribution in [0.4, 0.5) is 0 Å². The average molecular weight is 243 g/mol. The molecule has 98 valence electrons. The van der Waals surface area contributed by atoms with Crippen molar-refractivity contribution in [1.82, 2.24) is 15.1 Å². The Balaban J connectivity index is 2.59. The molecule has 1 heterocycles. The molecule has 1 aromatic rings. The van der Waals surface area contributed by atoms with Crippen molar-refractivity contribution in [3.8, 4) is 0 Å². The predicted molar refractivity (Wildman–Crippen MR) is 63.4 cm³/mol. The number of hydrogen-bond donors (Lipinski definition) is 4. The van der Waals surface area contributed by atoms with Gasteiger partial charge in [0.25, 0.3) is 0 Å². The van der Waals surface area contributed by atoms with Crippen molar-refractivity contribution in [3.63, 3.8) is 0 Å². The fraction of sp³-hybridized carbons (Fsp3) is 0.727. The van der Waals surface area contributed by atoms with E-state index in [1.807, 2.05) is 24.7 Å². The first-order valence-corrected chi connectivity index (χ1v) is 5.67. The lowest BCUT2D eigenvalue weighted by Crippen LogP contribution is -2.54. The molecule has 1 aromatic heterocycles. The van der Waals surface area contributed by atoms with E-state index in [2.05, 4.69) is 10.4 Å². The highest BCUT2D eigenvalue weighted by Gasteiger charge is 2.27. The molecule has 0 radical (unpaired) electrons. The lowest BCUT2D eigenvalue weighted by Gasteiger charge is -2.28. The van der Waals surface area contributed by atoms with E-state index in [4.69, 9.17) is 15.3 Å². The van der Waals surface area contributed by atoms with Crippen molar-refractivity contribution in [2.75, 3.05) is 19.8 Å². The van der Waals surface area contributed by atoms with Gasteiger partial charge in [0.1, 0.15) is 0 Å². The van der Waals surface area contributed by atoms with Crippen LogP contribution in [0.25, 0.3) is 0 Å². The first kappa shape index (κ1) is 14.1. The minimum atomic E-state index is -1.04. The third-order valence-corrected chi connectivity index (χ3v) is 2.76. The molecule has 6 heteroatoms. The molecule has 1 rings (SSSR count). The highest BCUT2D eigenvalue weighted by Crippen LogP contribution is 2.08. The smallest absolute Gasteiger partial charge is 0.0884 e. The van der Waals surface area contributed by atoms with Crippen LogP contribution >= 0.6 is 0 Å². The monoisotopic (exact) mass is 243 g/mol. The highest BCUT2D eigenvalue weighted by atomic mass is 16.3. The largest absolute Gasteiger partial charge is 0.394 e. The quantitative estimate of drug-likeness (QED) is 0.507. The molecule has 0 saturated carbocycles. The molecule has 0 aromatic carbocycles. The van der Waals surface area contributed by atoms with Gasteiger partial charge in [0.15, 0.2) is 0 Å². The van der Waals surface area contributed by atoms with Crippen molar-refractivity contribution in [1.29, 1.82) is 0 Å². The van der Waals surface area contributed by atoms with E-state index >= 15 is 0 Å². The topological polar surface area (TPSA) is 90.5 Å². The van der Waals surface area contributed by atoms with Gasteiger partial charge in [0.2, 0.25) is 0 Å². The van der Waals surface area contributed by atoms with Crippen LogP contribution in [0, 0.1) is 0 Å². The summed E-state index contributed by atoms with van der Waals surface area (Å²) in [6.45, 7) is 3.54. The van der Waals surface area contributed by atoms with Gasteiger partial charge in [-0.15, -0.1) is 0 Å². The van der Waals surface area contributed by atoms with Gasteiger partial charge in [-0.05, 0) is 13.8 Å². The fourth-order valence-corrected chi connectivity index (χ4v) is 1.36. The Bertz CT molecular complexity index is 326. The molecule has 0 saturated heterocycles. The average Bonchev–Trinajstić information content (AvgIpc) is 2.81. The molecule has 0 unspecified atom stereocenters. The highest BCUT2D eigenvalue weighted by molar-refractivity contribution is 5.05. The number of aliphatic hydroxyl groups is 3. The van der Waals surface area contributed by atoms with Gasteiger partial charge in [0.05, 0.1) is 31.6 Å². The van der Waals surface area contributed by atoms with Crippen LogP contribution in [-0.4, -0.2) is 50.5 Å². The van der Waals surface area contributed by atoms with E-state index < -0.39 is 5.54 Å². The van der Waals surface area contributed by atoms with Crippen LogP contribution in [0.1, 0.15) is 25.5 Å². The summed E-state index contributed by atoms with van der Waals surface area (Å²) in [7, 11) is 0. The molecular weight excluding hydrogens is 222 g/mol. The molecule has 0 spiro atoms. The minimum absolute atomic E-state index is 0.294. The first-order valence-electron chi connectivity index (χ1n) is 5.67. The Hall–Kier alpha value is -0.950. The van der Waals surface area contributed by atoms with E-state index in [1.54, 1.807) is 6.20 Å². The van der Waals surface area contributed by atoms with E-state index in [-0.39, 0.29) is 19.8 Å². The summed E-state index contributed by atoms with van der Waals surface area (Å²) in [5, 5.41) is 34.6. The molecular formula is C11H21N3O3. The summed E-state index contributed by atoms with van der Waals surface area (Å²) >= 11 is 0. The Morgan fingerprint density at radius 2 is 1.88 bits per heavy atom. The Labute approximate surface area is 101 Å². The lowest BCUT2D eigenvalue weighted by atomic mass is 10.0. The van der Waals surface area contributed by atoms with Gasteiger partial charge >= 0.3 is 0 Å². The molecule has 0 aliphatic heterocycles. The summed E-state index contributed by atoms with van der Waals surface area (Å²) in [4.78, 5) is 0. The van der Waals surface area contributed by atoms with E-state index in [9.17, 15) is 0 Å². The first-order chi connectivity index (χ1) is 8.06. The molecule has 4 N–H and O–H groups in total. The maximum Gasteiger partial charge on any atom is 0.0884 e. The zero-order valence-corrected chi connectivity index (χ0v) is 10.3. The summed E-state index contributed by atoms with van der Waals surface area (Å²) in [6, 6.07) is 0.294. The van der Waals surface area contributed by atoms with Crippen LogP contribution in [-0.2, 0) is 6.54 Å². The zero-order valence-electron chi connectivity index (χ0n) is 10.3. The van der Waals surface area contributed by atoms with E-state index in [1.165, 1.54) is 0 Å². The van der Waals surface area contributed by atoms with E-state index in [0.717, 1.165) is 5.56 Å². The van der Waals surface area contributed by atoms with Crippen LogP contribution in [0.2, 0.25) is 0 Å². The fourth-order valence-electron chi connectivity index (χ4n) is 1.36. The Morgan fingerprint density at radius 1 is 1.29 bits per heavy atom. The molecule has 0 atom stereocenters. The summed E-state index contributed by atoms with van der Waals surface area (Å²) in [5.74, 6) is 0. The number of aromatic nitrogens is 2. The number of hydrogen-bond acceptors (Lipinski definition) is 5. The third-order valence-electron chi connectivity index (χ3n) is 2.76. The van der Waals surface area contributed by atoms with Crippen molar-refractivity contribution >= 4 is 0 Å². The summed E-state index contributed by atoms with van der Waals surface area (Å²) in [6.07, 6.45) is 3.62. The normalized spacial score (nSPS) is 12.4. The van der Waals surface area contributed by atoms with Crippen molar-refractivity contribution in [3.05, 3.63) is 18.0 Å². The van der Waals surface area contributed by atoms with Crippen molar-refractivity contribution in [2.45, 2.75) is 32.0 Å². The minimum Gasteiger partial charge on any atom is -0.394 e. The lowest BCUT2D eigenvalue weighted by molar-refractivity contribution is 0.0414. The second-order valence-corrected chi connectivity index (χ2v) is 4.53. The standard InChI is InChI=1S/C11H21N3O3/c1-9(2)14-5-10(4-13-14)3-12-11(6-15,7-16)8-17/h4-5,9,12,15-17H,3,6-8H2,1-2H3. The van der Waals surface area contributed by atoms with Gasteiger partial charge in [0, 0.05) is 24.3 Å². The molecule has 17 heavy (non-hydrogen) atoms. The molecule has 0 bridgehead atoms. The Morgan fingerprint density at radius 3 is 2.29 bits per heavy atom. The number of rotatable bonds is 7. The van der Waals surface area contributed by atoms with Crippen LogP contribution in [0.15, 0.2) is 12.4 Å². The van der Waals surface area contributed by atoms with Crippen molar-refractivity contribution in [2.24, 2.45) is 0 Å². The van der Waals surface area contributed by atoms with Gasteiger partial charge in [-0.3, -0.25) is 4.68 Å². The van der Waals surface area contributed by atoms with Gasteiger partial charge in [-0.2, -0.15) is 5.10 Å². The second kappa shape index (κ2) is 6.11. The van der Waals surface area contributed by atoms with Gasteiger partial charge < -0.3 is 20.6 Å². The zero-order chi connectivity index (χ0) is 12.9. The van der Waals surface area contributed by atoms with Crippen LogP contribution in [0.3, 0.4) is 0 Å². The predicted octanol–water partition coefficient (Wildman–Crippen LogP) is -0.731. The molecule has 0 amide bonds. The molecule has 0 aliphatic rings. The van der Waals surface area contributed by atoms with Crippen LogP contribution < -0.4 is 5.32 Å². The molecule has 0 aliphatic carbocycles. The number of aliphatic hydroxyl groups excluding tert-OH is 3. The number of nitrogens with one attached hydrogen (secondary N) is 1. The second-order valence-electron chi connectivity index (χ2n) is 4.53. The Kier molecular flexibility index (Phi) is 5.07. The maximum atomic E-state index is 9.14. The van der Waals surface area contributed by atoms with E-state index in [0.29, 0.717) is 12.6 Å². The van der Waals surface area contributed by atoms with Crippen LogP contribution in [0.5, 0.6) is 0 Å². The number of nitrogens with zero attached hydrogens (tertiary/aromatic N) is 2. The SMILES string of the molecule is CC(C)n1cc(CNC(CO)(CO)CO)cn1. The third kappa shape index (κ3) is 3.50. The molecule has 0 fully saturated rings.